The van der Waals surface area contributed by atoms with Crippen LogP contribution in [0, 0.1) is 0 Å². The summed E-state index contributed by atoms with van der Waals surface area (Å²) in [5, 5.41) is 2.99. The van der Waals surface area contributed by atoms with Crippen molar-refractivity contribution in [3.05, 3.63) is 57.8 Å². The van der Waals surface area contributed by atoms with Crippen molar-refractivity contribution in [2.24, 2.45) is 5.73 Å². The first-order valence-corrected chi connectivity index (χ1v) is 7.90. The van der Waals surface area contributed by atoms with Gasteiger partial charge in [-0.3, -0.25) is 4.79 Å². The molecule has 3 N–H and O–H groups in total. The van der Waals surface area contributed by atoms with Gasteiger partial charge in [0.2, 0.25) is 0 Å². The van der Waals surface area contributed by atoms with Crippen LogP contribution in [0.15, 0.2) is 41.0 Å². The van der Waals surface area contributed by atoms with Crippen LogP contribution in [0.1, 0.15) is 40.5 Å². The first kappa shape index (κ1) is 14.4. The quantitative estimate of drug-likeness (QED) is 0.873. The van der Waals surface area contributed by atoms with E-state index in [0.717, 1.165) is 34.1 Å². The van der Waals surface area contributed by atoms with Crippen LogP contribution in [0.4, 0.5) is 0 Å². The normalized spacial score (nSPS) is 14.2. The molecule has 1 heterocycles. The molecule has 110 valence electrons. The van der Waals surface area contributed by atoms with Crippen LogP contribution in [0.25, 0.3) is 0 Å². The molecule has 1 aliphatic rings. The summed E-state index contributed by atoms with van der Waals surface area (Å²) in [6, 6.07) is 10.3. The number of aromatic nitrogens is 1. The maximum atomic E-state index is 12.4. The lowest BCUT2D eigenvalue weighted by Crippen LogP contribution is -2.25. The second-order valence-corrected chi connectivity index (χ2v) is 6.25. The van der Waals surface area contributed by atoms with Gasteiger partial charge >= 0.3 is 0 Å². The molecule has 1 aromatic carbocycles. The first-order chi connectivity index (χ1) is 10.2. The molecule has 3 rings (SSSR count). The summed E-state index contributed by atoms with van der Waals surface area (Å²) in [6.07, 6.45) is 4.29. The summed E-state index contributed by atoms with van der Waals surface area (Å²) in [7, 11) is 0. The van der Waals surface area contributed by atoms with Gasteiger partial charge < -0.3 is 15.6 Å². The largest absolute Gasteiger partial charge is 0.347 e. The molecule has 1 fully saturated rings. The van der Waals surface area contributed by atoms with E-state index in [1.165, 1.54) is 0 Å². The third-order valence-electron chi connectivity index (χ3n) is 3.77. The summed E-state index contributed by atoms with van der Waals surface area (Å²) in [6.45, 7) is 0.982. The molecule has 0 atom stereocenters. The van der Waals surface area contributed by atoms with Gasteiger partial charge in [-0.1, -0.05) is 24.3 Å². The highest BCUT2D eigenvalue weighted by atomic mass is 79.9. The molecule has 0 unspecified atom stereocenters. The number of nitrogens with zero attached hydrogens (tertiary/aromatic N) is 1. The summed E-state index contributed by atoms with van der Waals surface area (Å²) in [5.74, 6) is -0.0422. The van der Waals surface area contributed by atoms with E-state index < -0.39 is 0 Å². The number of hydrogen-bond donors (Lipinski definition) is 2. The van der Waals surface area contributed by atoms with E-state index in [0.29, 0.717) is 19.1 Å². The lowest BCUT2D eigenvalue weighted by atomic mass is 10.1. The molecule has 5 heteroatoms. The molecule has 4 nitrogen and oxygen atoms in total. The van der Waals surface area contributed by atoms with Crippen LogP contribution >= 0.6 is 15.9 Å². The SMILES string of the molecule is NCc1ccccc1CNC(=O)c1cc(Br)cn1C1CC1. The lowest BCUT2D eigenvalue weighted by molar-refractivity contribution is 0.0941. The van der Waals surface area contributed by atoms with Crippen LogP contribution in [0.2, 0.25) is 0 Å². The minimum atomic E-state index is -0.0422. The number of rotatable bonds is 5. The Bertz CT molecular complexity index is 661. The van der Waals surface area contributed by atoms with E-state index in [1.54, 1.807) is 0 Å². The molecule has 0 saturated heterocycles. The van der Waals surface area contributed by atoms with E-state index in [4.69, 9.17) is 5.73 Å². The van der Waals surface area contributed by atoms with Crippen molar-refractivity contribution in [2.45, 2.75) is 32.0 Å². The van der Waals surface area contributed by atoms with Crippen molar-refractivity contribution in [1.82, 2.24) is 9.88 Å². The second kappa shape index (κ2) is 6.03. The van der Waals surface area contributed by atoms with E-state index in [1.807, 2.05) is 36.5 Å². The average molecular weight is 348 g/mol. The zero-order valence-corrected chi connectivity index (χ0v) is 13.3. The van der Waals surface area contributed by atoms with E-state index >= 15 is 0 Å². The first-order valence-electron chi connectivity index (χ1n) is 7.11. The van der Waals surface area contributed by atoms with Gasteiger partial charge in [-0.15, -0.1) is 0 Å². The predicted octanol–water partition coefficient (Wildman–Crippen LogP) is 2.97. The van der Waals surface area contributed by atoms with E-state index in [-0.39, 0.29) is 5.91 Å². The Hall–Kier alpha value is -1.59. The maximum Gasteiger partial charge on any atom is 0.268 e. The van der Waals surface area contributed by atoms with Crippen LogP contribution in [-0.2, 0) is 13.1 Å². The molecule has 0 radical (unpaired) electrons. The zero-order valence-electron chi connectivity index (χ0n) is 11.7. The van der Waals surface area contributed by atoms with Crippen molar-refractivity contribution in [3.8, 4) is 0 Å². The highest BCUT2D eigenvalue weighted by Gasteiger charge is 2.27. The number of nitrogens with one attached hydrogen (secondary N) is 1. The zero-order chi connectivity index (χ0) is 14.8. The summed E-state index contributed by atoms with van der Waals surface area (Å²) in [4.78, 5) is 12.4. The number of halogens is 1. The third-order valence-corrected chi connectivity index (χ3v) is 4.20. The number of amides is 1. The van der Waals surface area contributed by atoms with Crippen molar-refractivity contribution in [3.63, 3.8) is 0 Å². The highest BCUT2D eigenvalue weighted by Crippen LogP contribution is 2.37. The molecule has 0 bridgehead atoms. The number of nitrogens with two attached hydrogens (primary N) is 1. The molecule has 1 amide bonds. The molecule has 1 aliphatic carbocycles. The summed E-state index contributed by atoms with van der Waals surface area (Å²) < 4.78 is 3.01. The molecular formula is C16H18BrN3O. The molecule has 21 heavy (non-hydrogen) atoms. The van der Waals surface area contributed by atoms with Gasteiger partial charge in [0.05, 0.1) is 0 Å². The standard InChI is InChI=1S/C16H18BrN3O/c17-13-7-15(20(10-13)14-5-6-14)16(21)19-9-12-4-2-1-3-11(12)8-18/h1-4,7,10,14H,5-6,8-9,18H2,(H,19,21). The van der Waals surface area contributed by atoms with Gasteiger partial charge in [0, 0.05) is 29.8 Å². The Balaban J connectivity index is 1.72. The van der Waals surface area contributed by atoms with Crippen molar-refractivity contribution in [2.75, 3.05) is 0 Å². The Morgan fingerprint density at radius 3 is 2.71 bits per heavy atom. The summed E-state index contributed by atoms with van der Waals surface area (Å²) in [5.41, 5.74) is 8.57. The number of carbonyl (C=O) groups excluding carboxylic acids is 1. The Kier molecular flexibility index (Phi) is 4.12. The van der Waals surface area contributed by atoms with Gasteiger partial charge in [0.25, 0.3) is 5.91 Å². The fourth-order valence-corrected chi connectivity index (χ4v) is 2.92. The number of benzene rings is 1. The average Bonchev–Trinajstić information content (AvgIpc) is 3.27. The van der Waals surface area contributed by atoms with Crippen molar-refractivity contribution >= 4 is 21.8 Å². The fraction of sp³-hybridized carbons (Fsp3) is 0.312. The minimum absolute atomic E-state index is 0.0422. The van der Waals surface area contributed by atoms with Crippen LogP contribution in [-0.4, -0.2) is 10.5 Å². The lowest BCUT2D eigenvalue weighted by Gasteiger charge is -2.11. The van der Waals surface area contributed by atoms with Crippen LogP contribution < -0.4 is 11.1 Å². The van der Waals surface area contributed by atoms with Crippen LogP contribution in [0.5, 0.6) is 0 Å². The summed E-state index contributed by atoms with van der Waals surface area (Å²) >= 11 is 3.45. The second-order valence-electron chi connectivity index (χ2n) is 5.34. The van der Waals surface area contributed by atoms with Gasteiger partial charge in [-0.25, -0.2) is 0 Å². The van der Waals surface area contributed by atoms with Gasteiger partial charge in [-0.2, -0.15) is 0 Å². The van der Waals surface area contributed by atoms with Gasteiger partial charge in [0.15, 0.2) is 0 Å². The van der Waals surface area contributed by atoms with Crippen molar-refractivity contribution in [1.29, 1.82) is 0 Å². The van der Waals surface area contributed by atoms with Gasteiger partial charge in [0.1, 0.15) is 5.69 Å². The van der Waals surface area contributed by atoms with E-state index in [9.17, 15) is 4.79 Å². The topological polar surface area (TPSA) is 60.0 Å². The molecule has 1 aromatic heterocycles. The maximum absolute atomic E-state index is 12.4. The smallest absolute Gasteiger partial charge is 0.268 e. The highest BCUT2D eigenvalue weighted by molar-refractivity contribution is 9.10. The minimum Gasteiger partial charge on any atom is -0.347 e. The fourth-order valence-electron chi connectivity index (χ4n) is 2.48. The van der Waals surface area contributed by atoms with E-state index in [2.05, 4.69) is 25.8 Å². The molecular weight excluding hydrogens is 330 g/mol. The van der Waals surface area contributed by atoms with Crippen LogP contribution in [0.3, 0.4) is 0 Å². The molecule has 0 spiro atoms. The molecule has 2 aromatic rings. The number of carbonyl (C=O) groups is 1. The third kappa shape index (κ3) is 3.19. The monoisotopic (exact) mass is 347 g/mol. The Labute approximate surface area is 132 Å². The predicted molar refractivity (Wildman–Crippen MR) is 85.9 cm³/mol. The number of hydrogen-bond acceptors (Lipinski definition) is 2. The molecule has 1 saturated carbocycles. The van der Waals surface area contributed by atoms with Crippen molar-refractivity contribution < 1.29 is 4.79 Å². The Morgan fingerprint density at radius 1 is 1.33 bits per heavy atom. The molecule has 0 aliphatic heterocycles. The van der Waals surface area contributed by atoms with Gasteiger partial charge in [-0.05, 0) is 46.0 Å². The Morgan fingerprint density at radius 2 is 2.05 bits per heavy atom.